The van der Waals surface area contributed by atoms with Crippen molar-refractivity contribution in [2.45, 2.75) is 18.6 Å². The Morgan fingerprint density at radius 2 is 2.24 bits per heavy atom. The van der Waals surface area contributed by atoms with Crippen molar-refractivity contribution in [1.29, 1.82) is 0 Å². The number of rotatable bonds is 5. The van der Waals surface area contributed by atoms with Crippen molar-refractivity contribution in [2.75, 3.05) is 13.1 Å². The van der Waals surface area contributed by atoms with E-state index in [-0.39, 0.29) is 12.3 Å². The zero-order valence-corrected chi connectivity index (χ0v) is 10.8. The van der Waals surface area contributed by atoms with Crippen LogP contribution in [0.1, 0.15) is 13.3 Å². The Kier molecular flexibility index (Phi) is 4.88. The standard InChI is InChI=1S/C9H12N2O4S2/c1-2-11-8(15)5(17-9(11)16)3-6(12)10-4-7(13)14/h5H,2-4H2,1H3,(H,10,12)(H,13,14). The molecule has 2 N–H and O–H groups in total. The predicted octanol–water partition coefficient (Wildman–Crippen LogP) is -0.174. The smallest absolute Gasteiger partial charge is 0.322 e. The van der Waals surface area contributed by atoms with Crippen LogP contribution in [0.3, 0.4) is 0 Å². The Labute approximate surface area is 108 Å². The van der Waals surface area contributed by atoms with Crippen molar-refractivity contribution in [1.82, 2.24) is 10.2 Å². The van der Waals surface area contributed by atoms with Gasteiger partial charge in [-0.2, -0.15) is 0 Å². The van der Waals surface area contributed by atoms with Crippen LogP contribution < -0.4 is 5.32 Å². The van der Waals surface area contributed by atoms with Gasteiger partial charge in [-0.15, -0.1) is 0 Å². The topological polar surface area (TPSA) is 86.7 Å². The van der Waals surface area contributed by atoms with Crippen LogP contribution in [0.5, 0.6) is 0 Å². The molecule has 2 amide bonds. The van der Waals surface area contributed by atoms with Gasteiger partial charge in [0.15, 0.2) is 0 Å². The van der Waals surface area contributed by atoms with E-state index in [1.165, 1.54) is 16.7 Å². The van der Waals surface area contributed by atoms with Gasteiger partial charge in [0.05, 0.1) is 5.25 Å². The highest BCUT2D eigenvalue weighted by Gasteiger charge is 2.36. The van der Waals surface area contributed by atoms with Crippen molar-refractivity contribution in [3.63, 3.8) is 0 Å². The van der Waals surface area contributed by atoms with Crippen LogP contribution in [0, 0.1) is 0 Å². The largest absolute Gasteiger partial charge is 0.480 e. The maximum absolute atomic E-state index is 11.7. The molecule has 6 nitrogen and oxygen atoms in total. The van der Waals surface area contributed by atoms with Gasteiger partial charge in [-0.3, -0.25) is 19.3 Å². The number of amides is 2. The highest BCUT2D eigenvalue weighted by molar-refractivity contribution is 8.24. The molecule has 0 radical (unpaired) electrons. The average molecular weight is 276 g/mol. The first kappa shape index (κ1) is 13.9. The first-order chi connectivity index (χ1) is 7.95. The predicted molar refractivity (Wildman–Crippen MR) is 66.6 cm³/mol. The fourth-order valence-corrected chi connectivity index (χ4v) is 2.95. The second kappa shape index (κ2) is 5.97. The number of carboxylic acid groups (broad SMARTS) is 1. The summed E-state index contributed by atoms with van der Waals surface area (Å²) in [5.74, 6) is -1.76. The molecule has 1 atom stereocenters. The number of hydrogen-bond acceptors (Lipinski definition) is 5. The summed E-state index contributed by atoms with van der Waals surface area (Å²) < 4.78 is 0.466. The van der Waals surface area contributed by atoms with Gasteiger partial charge in [0.1, 0.15) is 10.9 Å². The summed E-state index contributed by atoms with van der Waals surface area (Å²) >= 11 is 6.16. The Bertz CT molecular complexity index is 372. The third-order valence-electron chi connectivity index (χ3n) is 2.13. The Hall–Kier alpha value is -1.15. The third kappa shape index (κ3) is 3.67. The van der Waals surface area contributed by atoms with Crippen molar-refractivity contribution in [3.8, 4) is 0 Å². The molecule has 0 spiro atoms. The van der Waals surface area contributed by atoms with Crippen molar-refractivity contribution in [2.24, 2.45) is 0 Å². The Morgan fingerprint density at radius 3 is 2.71 bits per heavy atom. The monoisotopic (exact) mass is 276 g/mol. The van der Waals surface area contributed by atoms with E-state index in [2.05, 4.69) is 5.32 Å². The van der Waals surface area contributed by atoms with E-state index >= 15 is 0 Å². The second-order valence-electron chi connectivity index (χ2n) is 3.33. The highest BCUT2D eigenvalue weighted by atomic mass is 32.2. The quantitative estimate of drug-likeness (QED) is 0.678. The Balaban J connectivity index is 2.48. The highest BCUT2D eigenvalue weighted by Crippen LogP contribution is 2.29. The summed E-state index contributed by atoms with van der Waals surface area (Å²) in [5, 5.41) is 10.1. The van der Waals surface area contributed by atoms with Gasteiger partial charge in [-0.1, -0.05) is 24.0 Å². The molecule has 0 aromatic carbocycles. The van der Waals surface area contributed by atoms with E-state index in [0.717, 1.165) is 0 Å². The van der Waals surface area contributed by atoms with E-state index in [4.69, 9.17) is 17.3 Å². The molecule has 0 aromatic heterocycles. The first-order valence-electron chi connectivity index (χ1n) is 4.96. The molecule has 1 saturated heterocycles. The number of thioether (sulfide) groups is 1. The molecule has 1 aliphatic heterocycles. The van der Waals surface area contributed by atoms with Gasteiger partial charge in [0, 0.05) is 13.0 Å². The van der Waals surface area contributed by atoms with Crippen LogP contribution in [0.15, 0.2) is 0 Å². The summed E-state index contributed by atoms with van der Waals surface area (Å²) in [6, 6.07) is 0. The molecule has 0 aliphatic carbocycles. The van der Waals surface area contributed by atoms with Gasteiger partial charge in [0.2, 0.25) is 11.8 Å². The summed E-state index contributed by atoms with van der Waals surface area (Å²) in [5.41, 5.74) is 0. The molecule has 1 aliphatic rings. The van der Waals surface area contributed by atoms with Crippen molar-refractivity contribution in [3.05, 3.63) is 0 Å². The Morgan fingerprint density at radius 1 is 1.59 bits per heavy atom. The SMILES string of the molecule is CCN1C(=O)C(CC(=O)NCC(=O)O)SC1=S. The molecule has 1 unspecified atom stereocenters. The average Bonchev–Trinajstić information content (AvgIpc) is 2.51. The first-order valence-corrected chi connectivity index (χ1v) is 6.25. The lowest BCUT2D eigenvalue weighted by molar-refractivity contribution is -0.138. The number of thiocarbonyl (C=S) groups is 1. The number of nitrogens with one attached hydrogen (secondary N) is 1. The molecule has 1 fully saturated rings. The van der Waals surface area contributed by atoms with Crippen molar-refractivity contribution >= 4 is 46.1 Å². The number of carboxylic acids is 1. The van der Waals surface area contributed by atoms with Crippen LogP contribution in [-0.4, -0.2) is 50.5 Å². The number of hydrogen-bond donors (Lipinski definition) is 2. The number of nitrogens with zero attached hydrogens (tertiary/aromatic N) is 1. The summed E-state index contributed by atoms with van der Waals surface area (Å²) in [6.45, 7) is 1.85. The minimum absolute atomic E-state index is 0.0482. The number of carbonyl (C=O) groups is 3. The van der Waals surface area contributed by atoms with Gasteiger partial charge < -0.3 is 10.4 Å². The van der Waals surface area contributed by atoms with Gasteiger partial charge in [0.25, 0.3) is 0 Å². The van der Waals surface area contributed by atoms with Crippen LogP contribution >= 0.6 is 24.0 Å². The fraction of sp³-hybridized carbons (Fsp3) is 0.556. The normalized spacial score (nSPS) is 19.6. The van der Waals surface area contributed by atoms with E-state index in [1.807, 2.05) is 0 Å². The number of aliphatic carboxylic acids is 1. The molecular formula is C9H12N2O4S2. The van der Waals surface area contributed by atoms with Gasteiger partial charge in [-0.25, -0.2) is 0 Å². The molecule has 1 heterocycles. The fourth-order valence-electron chi connectivity index (χ4n) is 1.33. The zero-order chi connectivity index (χ0) is 13.0. The molecule has 0 bridgehead atoms. The second-order valence-corrected chi connectivity index (χ2v) is 5.17. The zero-order valence-electron chi connectivity index (χ0n) is 9.13. The van der Waals surface area contributed by atoms with Crippen LogP contribution in [0.2, 0.25) is 0 Å². The van der Waals surface area contributed by atoms with Gasteiger partial charge in [-0.05, 0) is 6.92 Å². The van der Waals surface area contributed by atoms with E-state index in [0.29, 0.717) is 10.9 Å². The van der Waals surface area contributed by atoms with E-state index in [1.54, 1.807) is 6.92 Å². The summed E-state index contributed by atoms with van der Waals surface area (Å²) in [4.78, 5) is 34.8. The van der Waals surface area contributed by atoms with E-state index in [9.17, 15) is 14.4 Å². The summed E-state index contributed by atoms with van der Waals surface area (Å²) in [6.07, 6.45) is -0.0482. The lowest BCUT2D eigenvalue weighted by Gasteiger charge is -2.11. The lowest BCUT2D eigenvalue weighted by Crippen LogP contribution is -2.35. The maximum Gasteiger partial charge on any atom is 0.322 e. The molecule has 0 aromatic rings. The van der Waals surface area contributed by atoms with Crippen LogP contribution in [-0.2, 0) is 14.4 Å². The minimum Gasteiger partial charge on any atom is -0.480 e. The minimum atomic E-state index is -1.12. The van der Waals surface area contributed by atoms with Crippen LogP contribution in [0.25, 0.3) is 0 Å². The molecule has 1 rings (SSSR count). The van der Waals surface area contributed by atoms with Crippen molar-refractivity contribution < 1.29 is 19.5 Å². The lowest BCUT2D eigenvalue weighted by atomic mass is 10.2. The molecular weight excluding hydrogens is 264 g/mol. The maximum atomic E-state index is 11.7. The molecule has 94 valence electrons. The van der Waals surface area contributed by atoms with E-state index < -0.39 is 23.7 Å². The van der Waals surface area contributed by atoms with Crippen LogP contribution in [0.4, 0.5) is 0 Å². The molecule has 8 heteroatoms. The number of carbonyl (C=O) groups excluding carboxylic acids is 2. The molecule has 17 heavy (non-hydrogen) atoms. The summed E-state index contributed by atoms with van der Waals surface area (Å²) in [7, 11) is 0. The third-order valence-corrected chi connectivity index (χ3v) is 3.71. The molecule has 0 saturated carbocycles. The van der Waals surface area contributed by atoms with Gasteiger partial charge >= 0.3 is 5.97 Å².